The third-order valence-electron chi connectivity index (χ3n) is 6.22. The van der Waals surface area contributed by atoms with Crippen molar-refractivity contribution in [3.8, 4) is 0 Å². The first-order chi connectivity index (χ1) is 12.8. The predicted octanol–water partition coefficient (Wildman–Crippen LogP) is 4.66. The molecule has 0 unspecified atom stereocenters. The van der Waals surface area contributed by atoms with Gasteiger partial charge in [0.15, 0.2) is 0 Å². The summed E-state index contributed by atoms with van der Waals surface area (Å²) in [6.45, 7) is 3.26. The third-order valence-corrected chi connectivity index (χ3v) is 6.22. The monoisotopic (exact) mass is 348 g/mol. The molecule has 1 atom stereocenters. The molecule has 3 aliphatic rings. The zero-order chi connectivity index (χ0) is 17.5. The average Bonchev–Trinajstić information content (AvgIpc) is 3.39. The highest BCUT2D eigenvalue weighted by Crippen LogP contribution is 2.41. The molecular weight excluding hydrogens is 320 g/mol. The number of fused-ring (bicyclic) bond motifs is 1. The Morgan fingerprint density at radius 1 is 1.00 bits per heavy atom. The van der Waals surface area contributed by atoms with Gasteiger partial charge < -0.3 is 10.2 Å². The summed E-state index contributed by atoms with van der Waals surface area (Å²) >= 11 is 0. The van der Waals surface area contributed by atoms with Gasteiger partial charge in [-0.05, 0) is 50.2 Å². The Bertz CT molecular complexity index is 792. The zero-order valence-electron chi connectivity index (χ0n) is 15.6. The number of anilines is 2. The molecule has 1 aromatic heterocycles. The molecule has 0 saturated heterocycles. The lowest BCUT2D eigenvalue weighted by Crippen LogP contribution is -2.39. The van der Waals surface area contributed by atoms with Crippen molar-refractivity contribution in [2.24, 2.45) is 0 Å². The molecule has 2 aromatic rings. The highest BCUT2D eigenvalue weighted by molar-refractivity contribution is 5.50. The average molecular weight is 348 g/mol. The molecule has 4 heteroatoms. The molecule has 0 bridgehead atoms. The Morgan fingerprint density at radius 2 is 1.77 bits per heavy atom. The maximum atomic E-state index is 4.96. The van der Waals surface area contributed by atoms with E-state index in [4.69, 9.17) is 9.97 Å². The summed E-state index contributed by atoms with van der Waals surface area (Å²) < 4.78 is 0. The molecule has 136 valence electrons. The van der Waals surface area contributed by atoms with Crippen LogP contribution in [0.1, 0.15) is 68.2 Å². The van der Waals surface area contributed by atoms with E-state index in [2.05, 4.69) is 47.5 Å². The van der Waals surface area contributed by atoms with Gasteiger partial charge in [-0.15, -0.1) is 0 Å². The molecule has 1 aliphatic heterocycles. The van der Waals surface area contributed by atoms with Gasteiger partial charge in [0.1, 0.15) is 5.82 Å². The minimum Gasteiger partial charge on any atom is -0.351 e. The fourth-order valence-corrected chi connectivity index (χ4v) is 4.49. The maximum absolute atomic E-state index is 4.96. The van der Waals surface area contributed by atoms with E-state index in [1.807, 2.05) is 0 Å². The van der Waals surface area contributed by atoms with E-state index >= 15 is 0 Å². The third kappa shape index (κ3) is 3.17. The number of nitrogens with zero attached hydrogens (tertiary/aromatic N) is 3. The number of hydrogen-bond donors (Lipinski definition) is 1. The molecule has 0 radical (unpaired) electrons. The number of rotatable bonds is 4. The molecule has 2 heterocycles. The van der Waals surface area contributed by atoms with Crippen molar-refractivity contribution in [3.63, 3.8) is 0 Å². The Balaban J connectivity index is 1.46. The van der Waals surface area contributed by atoms with Gasteiger partial charge in [-0.25, -0.2) is 4.98 Å². The van der Waals surface area contributed by atoms with E-state index in [1.54, 1.807) is 0 Å². The van der Waals surface area contributed by atoms with Gasteiger partial charge in [-0.1, -0.05) is 37.1 Å². The SMILES string of the molecule is C[C@H]1Cc2ccccc2CN1c1cc(C2CC2)nc(NC2CCCC2)n1. The molecule has 2 saturated carbocycles. The first-order valence-electron chi connectivity index (χ1n) is 10.3. The van der Waals surface area contributed by atoms with Gasteiger partial charge in [-0.3, -0.25) is 0 Å². The molecule has 1 N–H and O–H groups in total. The topological polar surface area (TPSA) is 41.1 Å². The summed E-state index contributed by atoms with van der Waals surface area (Å²) in [6.07, 6.45) is 8.79. The largest absolute Gasteiger partial charge is 0.351 e. The first-order valence-corrected chi connectivity index (χ1v) is 10.3. The lowest BCUT2D eigenvalue weighted by Gasteiger charge is -2.36. The van der Waals surface area contributed by atoms with Crippen LogP contribution in [0.2, 0.25) is 0 Å². The van der Waals surface area contributed by atoms with Gasteiger partial charge in [-0.2, -0.15) is 4.98 Å². The van der Waals surface area contributed by atoms with Crippen molar-refractivity contribution in [2.75, 3.05) is 10.2 Å². The van der Waals surface area contributed by atoms with Crippen LogP contribution in [0.15, 0.2) is 30.3 Å². The first kappa shape index (κ1) is 16.1. The van der Waals surface area contributed by atoms with Crippen molar-refractivity contribution in [1.29, 1.82) is 0 Å². The van der Waals surface area contributed by atoms with Crippen LogP contribution in [0.4, 0.5) is 11.8 Å². The fraction of sp³-hybridized carbons (Fsp3) is 0.545. The lowest BCUT2D eigenvalue weighted by atomic mass is 9.95. The maximum Gasteiger partial charge on any atom is 0.225 e. The molecule has 2 fully saturated rings. The zero-order valence-corrected chi connectivity index (χ0v) is 15.6. The molecular formula is C22H28N4. The molecule has 5 rings (SSSR count). The molecule has 1 aromatic carbocycles. The summed E-state index contributed by atoms with van der Waals surface area (Å²) in [4.78, 5) is 12.3. The summed E-state index contributed by atoms with van der Waals surface area (Å²) in [6, 6.07) is 12.1. The second-order valence-corrected chi connectivity index (χ2v) is 8.32. The van der Waals surface area contributed by atoms with E-state index in [0.29, 0.717) is 18.0 Å². The van der Waals surface area contributed by atoms with Crippen LogP contribution < -0.4 is 10.2 Å². The smallest absolute Gasteiger partial charge is 0.225 e. The summed E-state index contributed by atoms with van der Waals surface area (Å²) in [5.74, 6) is 2.60. The highest BCUT2D eigenvalue weighted by atomic mass is 15.3. The van der Waals surface area contributed by atoms with Gasteiger partial charge in [0.2, 0.25) is 5.95 Å². The van der Waals surface area contributed by atoms with Gasteiger partial charge in [0.05, 0.1) is 5.69 Å². The minimum atomic E-state index is 0.464. The van der Waals surface area contributed by atoms with E-state index < -0.39 is 0 Å². The van der Waals surface area contributed by atoms with Crippen molar-refractivity contribution in [1.82, 2.24) is 9.97 Å². The number of hydrogen-bond acceptors (Lipinski definition) is 4. The van der Waals surface area contributed by atoms with Crippen LogP contribution in [0.25, 0.3) is 0 Å². The Labute approximate surface area is 156 Å². The number of benzene rings is 1. The van der Waals surface area contributed by atoms with Crippen LogP contribution in [0, 0.1) is 0 Å². The standard InChI is InChI=1S/C22H28N4/c1-15-12-17-6-2-3-7-18(17)14-26(15)21-13-20(16-10-11-16)24-22(25-21)23-19-8-4-5-9-19/h2-3,6-7,13,15-16,19H,4-5,8-12,14H2,1H3,(H,23,24,25)/t15-/m0/s1. The summed E-state index contributed by atoms with van der Waals surface area (Å²) in [7, 11) is 0. The fourth-order valence-electron chi connectivity index (χ4n) is 4.49. The highest BCUT2D eigenvalue weighted by Gasteiger charge is 2.29. The molecule has 2 aliphatic carbocycles. The van der Waals surface area contributed by atoms with Gasteiger partial charge in [0, 0.05) is 30.6 Å². The molecule has 0 spiro atoms. The number of nitrogens with one attached hydrogen (secondary N) is 1. The Kier molecular flexibility index (Phi) is 4.07. The van der Waals surface area contributed by atoms with E-state index in [0.717, 1.165) is 24.7 Å². The summed E-state index contributed by atoms with van der Waals surface area (Å²) in [5, 5.41) is 3.63. The lowest BCUT2D eigenvalue weighted by molar-refractivity contribution is 0.585. The van der Waals surface area contributed by atoms with Crippen LogP contribution in [0.3, 0.4) is 0 Å². The minimum absolute atomic E-state index is 0.464. The molecule has 26 heavy (non-hydrogen) atoms. The van der Waals surface area contributed by atoms with E-state index in [-0.39, 0.29) is 0 Å². The second kappa shape index (κ2) is 6.57. The predicted molar refractivity (Wildman–Crippen MR) is 106 cm³/mol. The van der Waals surface area contributed by atoms with E-state index in [1.165, 1.54) is 55.3 Å². The Hall–Kier alpha value is -2.10. The van der Waals surface area contributed by atoms with Crippen molar-refractivity contribution < 1.29 is 0 Å². The second-order valence-electron chi connectivity index (χ2n) is 8.32. The van der Waals surface area contributed by atoms with E-state index in [9.17, 15) is 0 Å². The quantitative estimate of drug-likeness (QED) is 0.872. The van der Waals surface area contributed by atoms with Crippen LogP contribution >= 0.6 is 0 Å². The number of aromatic nitrogens is 2. The molecule has 4 nitrogen and oxygen atoms in total. The van der Waals surface area contributed by atoms with Crippen LogP contribution in [-0.2, 0) is 13.0 Å². The van der Waals surface area contributed by atoms with Gasteiger partial charge in [0.25, 0.3) is 0 Å². The molecule has 0 amide bonds. The van der Waals surface area contributed by atoms with Crippen molar-refractivity contribution in [3.05, 3.63) is 47.2 Å². The van der Waals surface area contributed by atoms with Crippen molar-refractivity contribution in [2.45, 2.75) is 76.4 Å². The normalized spacial score (nSPS) is 23.1. The van der Waals surface area contributed by atoms with Gasteiger partial charge >= 0.3 is 0 Å². The summed E-state index contributed by atoms with van der Waals surface area (Å²) in [5.41, 5.74) is 4.15. The Morgan fingerprint density at radius 3 is 2.54 bits per heavy atom. The van der Waals surface area contributed by atoms with Crippen LogP contribution in [-0.4, -0.2) is 22.1 Å². The van der Waals surface area contributed by atoms with Crippen molar-refractivity contribution >= 4 is 11.8 Å². The van der Waals surface area contributed by atoms with Crippen LogP contribution in [0.5, 0.6) is 0 Å².